The van der Waals surface area contributed by atoms with Gasteiger partial charge in [0.2, 0.25) is 0 Å². The molecule has 0 amide bonds. The van der Waals surface area contributed by atoms with E-state index in [2.05, 4.69) is 4.74 Å². The van der Waals surface area contributed by atoms with Crippen molar-refractivity contribution >= 4 is 23.7 Å². The molecular formula is C7H11O4S-. The van der Waals surface area contributed by atoms with Crippen molar-refractivity contribution in [3.63, 3.8) is 0 Å². The highest BCUT2D eigenvalue weighted by Crippen LogP contribution is 2.16. The first-order chi connectivity index (χ1) is 5.42. The largest absolute Gasteiger partial charge is 0.549 e. The molecule has 0 saturated heterocycles. The summed E-state index contributed by atoms with van der Waals surface area (Å²) in [5.74, 6) is -2.03. The van der Waals surface area contributed by atoms with E-state index in [0.29, 0.717) is 0 Å². The number of hydrogen-bond donors (Lipinski definition) is 0. The van der Waals surface area contributed by atoms with Gasteiger partial charge in [-0.15, -0.1) is 11.8 Å². The molecular weight excluding hydrogens is 180 g/mol. The van der Waals surface area contributed by atoms with Crippen molar-refractivity contribution in [1.29, 1.82) is 0 Å². The fourth-order valence-corrected chi connectivity index (χ4v) is 0.601. The van der Waals surface area contributed by atoms with Gasteiger partial charge in [-0.05, 0) is 20.1 Å². The summed E-state index contributed by atoms with van der Waals surface area (Å²) < 4.78 is 4.62. The van der Waals surface area contributed by atoms with Crippen LogP contribution in [0.25, 0.3) is 0 Å². The molecule has 0 unspecified atom stereocenters. The first kappa shape index (κ1) is 11.3. The zero-order valence-corrected chi connectivity index (χ0v) is 8.06. The van der Waals surface area contributed by atoms with Gasteiger partial charge in [0.1, 0.15) is 11.4 Å². The average molecular weight is 191 g/mol. The maximum absolute atomic E-state index is 11.0. The molecule has 0 aromatic rings. The fraction of sp³-hybridized carbons (Fsp3) is 0.714. The Bertz CT molecular complexity index is 188. The fourth-order valence-electron chi connectivity index (χ4n) is 0.376. The van der Waals surface area contributed by atoms with E-state index in [1.54, 1.807) is 6.26 Å². The van der Waals surface area contributed by atoms with Crippen LogP contribution in [-0.4, -0.2) is 24.1 Å². The van der Waals surface area contributed by atoms with Crippen molar-refractivity contribution < 1.29 is 19.4 Å². The van der Waals surface area contributed by atoms with Gasteiger partial charge in [0.15, 0.2) is 0 Å². The number of ether oxygens (including phenoxy) is 1. The Kier molecular flexibility index (Phi) is 4.09. The van der Waals surface area contributed by atoms with Crippen LogP contribution in [0.5, 0.6) is 0 Å². The molecule has 0 heterocycles. The normalized spacial score (nSPS) is 10.9. The second kappa shape index (κ2) is 4.35. The second-order valence-electron chi connectivity index (χ2n) is 2.75. The molecule has 0 aromatic heterocycles. The van der Waals surface area contributed by atoms with E-state index < -0.39 is 17.4 Å². The predicted octanol–water partition coefficient (Wildman–Crippen LogP) is -0.374. The lowest BCUT2D eigenvalue weighted by Crippen LogP contribution is -2.44. The van der Waals surface area contributed by atoms with Crippen molar-refractivity contribution in [2.75, 3.05) is 12.2 Å². The number of thioether (sulfide) groups is 1. The highest BCUT2D eigenvalue weighted by Gasteiger charge is 2.30. The molecule has 5 heteroatoms. The van der Waals surface area contributed by atoms with Crippen molar-refractivity contribution in [3.05, 3.63) is 0 Å². The Morgan fingerprint density at radius 2 is 2.00 bits per heavy atom. The van der Waals surface area contributed by atoms with Gasteiger partial charge < -0.3 is 14.6 Å². The first-order valence-electron chi connectivity index (χ1n) is 3.30. The summed E-state index contributed by atoms with van der Waals surface area (Å²) in [6.45, 7) is 2.51. The minimum absolute atomic E-state index is 0.162. The molecule has 0 aliphatic heterocycles. The van der Waals surface area contributed by atoms with Gasteiger partial charge in [-0.1, -0.05) is 0 Å². The molecule has 0 aliphatic rings. The minimum atomic E-state index is -1.56. The Labute approximate surface area is 75.3 Å². The van der Waals surface area contributed by atoms with E-state index >= 15 is 0 Å². The number of esters is 1. The van der Waals surface area contributed by atoms with Gasteiger partial charge in [-0.3, -0.25) is 4.79 Å². The van der Waals surface area contributed by atoms with Gasteiger partial charge in [0.25, 0.3) is 0 Å². The standard InChI is InChI=1S/C7H12O4S/c1-7(2,5(8)9)6(10)11-4-12-3/h4H2,1-3H3,(H,8,9)/p-1. The molecule has 0 aliphatic carbocycles. The lowest BCUT2D eigenvalue weighted by atomic mass is 9.94. The van der Waals surface area contributed by atoms with Crippen LogP contribution in [0.3, 0.4) is 0 Å². The van der Waals surface area contributed by atoms with Crippen LogP contribution in [0.4, 0.5) is 0 Å². The lowest BCUT2D eigenvalue weighted by molar-refractivity contribution is -0.316. The molecule has 0 fully saturated rings. The van der Waals surface area contributed by atoms with Gasteiger partial charge in [-0.2, -0.15) is 0 Å². The minimum Gasteiger partial charge on any atom is -0.549 e. The zero-order chi connectivity index (χ0) is 9.78. The summed E-state index contributed by atoms with van der Waals surface area (Å²) >= 11 is 1.30. The monoisotopic (exact) mass is 191 g/mol. The molecule has 0 N–H and O–H groups in total. The summed E-state index contributed by atoms with van der Waals surface area (Å²) in [4.78, 5) is 21.4. The third-order valence-electron chi connectivity index (χ3n) is 1.33. The van der Waals surface area contributed by atoms with Gasteiger partial charge in [0.05, 0.1) is 5.97 Å². The van der Waals surface area contributed by atoms with E-state index in [0.717, 1.165) is 0 Å². The van der Waals surface area contributed by atoms with Crippen molar-refractivity contribution in [2.24, 2.45) is 5.41 Å². The third kappa shape index (κ3) is 2.73. The van der Waals surface area contributed by atoms with Gasteiger partial charge >= 0.3 is 5.97 Å². The molecule has 0 saturated carbocycles. The lowest BCUT2D eigenvalue weighted by Gasteiger charge is -2.22. The van der Waals surface area contributed by atoms with Crippen LogP contribution in [-0.2, 0) is 14.3 Å². The highest BCUT2D eigenvalue weighted by molar-refractivity contribution is 7.98. The Morgan fingerprint density at radius 1 is 1.50 bits per heavy atom. The van der Waals surface area contributed by atoms with Crippen molar-refractivity contribution in [1.82, 2.24) is 0 Å². The number of carboxylic acids is 1. The average Bonchev–Trinajstić information content (AvgIpc) is 1.99. The number of hydrogen-bond acceptors (Lipinski definition) is 5. The molecule has 0 atom stereocenters. The third-order valence-corrected chi connectivity index (χ3v) is 1.68. The van der Waals surface area contributed by atoms with Gasteiger partial charge in [0, 0.05) is 0 Å². The Balaban J connectivity index is 4.16. The molecule has 0 radical (unpaired) electrons. The maximum atomic E-state index is 11.0. The van der Waals surface area contributed by atoms with Crippen LogP contribution in [0.2, 0.25) is 0 Å². The van der Waals surface area contributed by atoms with E-state index in [-0.39, 0.29) is 5.94 Å². The van der Waals surface area contributed by atoms with Crippen molar-refractivity contribution in [2.45, 2.75) is 13.8 Å². The smallest absolute Gasteiger partial charge is 0.318 e. The van der Waals surface area contributed by atoms with Crippen LogP contribution in [0, 0.1) is 5.41 Å². The Morgan fingerprint density at radius 3 is 2.33 bits per heavy atom. The second-order valence-corrected chi connectivity index (χ2v) is 3.56. The Hall–Kier alpha value is -0.710. The molecule has 12 heavy (non-hydrogen) atoms. The summed E-state index contributed by atoms with van der Waals surface area (Å²) in [6, 6.07) is 0. The topological polar surface area (TPSA) is 66.4 Å². The summed E-state index contributed by atoms with van der Waals surface area (Å²) in [5, 5.41) is 10.4. The molecule has 0 spiro atoms. The van der Waals surface area contributed by atoms with Crippen LogP contribution in [0.1, 0.15) is 13.8 Å². The van der Waals surface area contributed by atoms with Crippen LogP contribution < -0.4 is 5.11 Å². The van der Waals surface area contributed by atoms with Gasteiger partial charge in [-0.25, -0.2) is 0 Å². The quantitative estimate of drug-likeness (QED) is 0.344. The number of rotatable bonds is 4. The van der Waals surface area contributed by atoms with Crippen LogP contribution in [0.15, 0.2) is 0 Å². The summed E-state index contributed by atoms with van der Waals surface area (Å²) in [6.07, 6.45) is 1.75. The van der Waals surface area contributed by atoms with E-state index in [1.165, 1.54) is 25.6 Å². The number of aliphatic carboxylic acids is 1. The molecule has 4 nitrogen and oxygen atoms in total. The maximum Gasteiger partial charge on any atom is 0.318 e. The molecule has 0 bridgehead atoms. The van der Waals surface area contributed by atoms with E-state index in [9.17, 15) is 14.7 Å². The molecule has 0 aromatic carbocycles. The first-order valence-corrected chi connectivity index (χ1v) is 4.70. The number of carboxylic acid groups (broad SMARTS) is 1. The van der Waals surface area contributed by atoms with Crippen LogP contribution >= 0.6 is 11.8 Å². The summed E-state index contributed by atoms with van der Waals surface area (Å²) in [5.41, 5.74) is -1.56. The number of carbonyl (C=O) groups excluding carboxylic acids is 2. The molecule has 70 valence electrons. The highest BCUT2D eigenvalue weighted by atomic mass is 32.2. The zero-order valence-electron chi connectivity index (χ0n) is 7.25. The SMILES string of the molecule is CSCOC(=O)C(C)(C)C(=O)[O-]. The molecule has 0 rings (SSSR count). The number of carbonyl (C=O) groups is 2. The summed E-state index contributed by atoms with van der Waals surface area (Å²) in [7, 11) is 0. The predicted molar refractivity (Wildman–Crippen MR) is 43.3 cm³/mol. The van der Waals surface area contributed by atoms with E-state index in [4.69, 9.17) is 0 Å². The van der Waals surface area contributed by atoms with E-state index in [1.807, 2.05) is 0 Å². The van der Waals surface area contributed by atoms with Crippen molar-refractivity contribution in [3.8, 4) is 0 Å².